The zero-order valence-electron chi connectivity index (χ0n) is 15.8. The topological polar surface area (TPSA) is 77.4 Å². The number of hydrogen-bond acceptors (Lipinski definition) is 4. The van der Waals surface area contributed by atoms with Crippen LogP contribution in [-0.2, 0) is 27.0 Å². The van der Waals surface area contributed by atoms with E-state index in [1.807, 2.05) is 0 Å². The molecule has 0 aliphatic carbocycles. The predicted octanol–water partition coefficient (Wildman–Crippen LogP) is 3.98. The Morgan fingerprint density at radius 3 is 2.43 bits per heavy atom. The molecule has 1 aromatic heterocycles. The molecular weight excluding hydrogens is 448 g/mol. The Labute approximate surface area is 179 Å². The summed E-state index contributed by atoms with van der Waals surface area (Å²) in [7, 11) is 0. The number of alkyl halides is 3. The van der Waals surface area contributed by atoms with Gasteiger partial charge in [0.05, 0.1) is 11.6 Å². The molecule has 11 heteroatoms. The Bertz CT molecular complexity index is 1010. The van der Waals surface area contributed by atoms with Crippen LogP contribution >= 0.6 is 23.2 Å². The van der Waals surface area contributed by atoms with E-state index >= 15 is 0 Å². The fraction of sp³-hybridized carbons (Fsp3) is 0.316. The molecule has 30 heavy (non-hydrogen) atoms. The molecule has 0 aliphatic heterocycles. The minimum Gasteiger partial charge on any atom is -0.451 e. The number of hydrogen-bond donors (Lipinski definition) is 1. The fourth-order valence-corrected chi connectivity index (χ4v) is 3.08. The third-order valence-electron chi connectivity index (χ3n) is 4.08. The first kappa shape index (κ1) is 23.8. The van der Waals surface area contributed by atoms with Crippen molar-refractivity contribution < 1.29 is 27.5 Å². The maximum Gasteiger partial charge on any atom is 0.417 e. The predicted molar refractivity (Wildman–Crippen MR) is 104 cm³/mol. The summed E-state index contributed by atoms with van der Waals surface area (Å²) in [5.41, 5.74) is -1.32. The zero-order valence-corrected chi connectivity index (χ0v) is 17.3. The Hall–Kier alpha value is -2.52. The average Bonchev–Trinajstić information content (AvgIpc) is 2.62. The molecule has 6 nitrogen and oxygen atoms in total. The van der Waals surface area contributed by atoms with Crippen molar-refractivity contribution in [2.75, 3.05) is 0 Å². The summed E-state index contributed by atoms with van der Waals surface area (Å²) in [4.78, 5) is 36.0. The van der Waals surface area contributed by atoms with E-state index in [9.17, 15) is 27.6 Å². The molecule has 0 unspecified atom stereocenters. The highest BCUT2D eigenvalue weighted by atomic mass is 35.5. The molecular formula is C19H17Cl2F3N2O4. The lowest BCUT2D eigenvalue weighted by Crippen LogP contribution is -2.38. The number of rotatable bonds is 6. The molecule has 2 rings (SSSR count). The molecule has 0 radical (unpaired) electrons. The van der Waals surface area contributed by atoms with E-state index in [-0.39, 0.29) is 0 Å². The number of carbonyl (C=O) groups excluding carboxylic acids is 2. The first-order chi connectivity index (χ1) is 13.9. The number of ether oxygens (including phenoxy) is 1. The number of halogens is 5. The number of benzene rings is 1. The largest absolute Gasteiger partial charge is 0.451 e. The van der Waals surface area contributed by atoms with Crippen LogP contribution in [-0.4, -0.2) is 22.5 Å². The van der Waals surface area contributed by atoms with Gasteiger partial charge in [-0.15, -0.1) is 0 Å². The molecule has 0 bridgehead atoms. The lowest BCUT2D eigenvalue weighted by atomic mass is 10.1. The second-order valence-electron chi connectivity index (χ2n) is 6.41. The third-order valence-corrected chi connectivity index (χ3v) is 4.64. The van der Waals surface area contributed by atoms with Crippen molar-refractivity contribution in [3.05, 3.63) is 68.1 Å². The fourth-order valence-electron chi connectivity index (χ4n) is 2.51. The summed E-state index contributed by atoms with van der Waals surface area (Å²) in [5.74, 6) is -1.70. The second-order valence-corrected chi connectivity index (χ2v) is 7.25. The number of pyridine rings is 1. The molecule has 0 saturated carbocycles. The van der Waals surface area contributed by atoms with Gasteiger partial charge in [0.1, 0.15) is 6.54 Å². The van der Waals surface area contributed by atoms with Crippen LogP contribution in [0.1, 0.15) is 31.0 Å². The van der Waals surface area contributed by atoms with Crippen LogP contribution in [0.25, 0.3) is 0 Å². The van der Waals surface area contributed by atoms with Crippen LogP contribution in [0, 0.1) is 0 Å². The number of amides is 1. The van der Waals surface area contributed by atoms with Crippen molar-refractivity contribution in [3.63, 3.8) is 0 Å². The lowest BCUT2D eigenvalue weighted by molar-refractivity contribution is -0.155. The van der Waals surface area contributed by atoms with Crippen molar-refractivity contribution in [3.8, 4) is 0 Å². The molecule has 1 N–H and O–H groups in total. The number of nitrogens with zero attached hydrogens (tertiary/aromatic N) is 1. The highest BCUT2D eigenvalue weighted by Crippen LogP contribution is 2.28. The summed E-state index contributed by atoms with van der Waals surface area (Å²) in [6.45, 7) is 2.17. The van der Waals surface area contributed by atoms with Gasteiger partial charge in [0.25, 0.3) is 11.5 Å². The van der Waals surface area contributed by atoms with E-state index in [0.717, 1.165) is 0 Å². The summed E-state index contributed by atoms with van der Waals surface area (Å²) in [6.07, 6.45) is -5.42. The van der Waals surface area contributed by atoms with Gasteiger partial charge in [0.15, 0.2) is 6.10 Å². The van der Waals surface area contributed by atoms with Crippen molar-refractivity contribution in [1.29, 1.82) is 0 Å². The highest BCUT2D eigenvalue weighted by Gasteiger charge is 2.31. The minimum absolute atomic E-state index is 0.337. The van der Waals surface area contributed by atoms with E-state index in [2.05, 4.69) is 5.32 Å². The van der Waals surface area contributed by atoms with E-state index in [1.165, 1.54) is 13.0 Å². The minimum atomic E-state index is -4.67. The Balaban J connectivity index is 2.00. The first-order valence-electron chi connectivity index (χ1n) is 8.61. The Morgan fingerprint density at radius 1 is 1.17 bits per heavy atom. The average molecular weight is 465 g/mol. The monoisotopic (exact) mass is 464 g/mol. The van der Waals surface area contributed by atoms with E-state index < -0.39 is 47.9 Å². The van der Waals surface area contributed by atoms with Crippen LogP contribution < -0.4 is 10.9 Å². The van der Waals surface area contributed by atoms with Crippen molar-refractivity contribution in [2.45, 2.75) is 38.7 Å². The van der Waals surface area contributed by atoms with Gasteiger partial charge >= 0.3 is 12.1 Å². The summed E-state index contributed by atoms with van der Waals surface area (Å²) in [6, 6.07) is 5.52. The zero-order chi connectivity index (χ0) is 22.6. The Morgan fingerprint density at radius 2 is 1.83 bits per heavy atom. The number of nitrogens with one attached hydrogen (secondary N) is 1. The maximum absolute atomic E-state index is 12.8. The number of aromatic nitrogens is 1. The molecule has 0 saturated heterocycles. The van der Waals surface area contributed by atoms with Gasteiger partial charge in [0, 0.05) is 22.3 Å². The quantitative estimate of drug-likeness (QED) is 0.655. The normalized spacial score (nSPS) is 13.4. The van der Waals surface area contributed by atoms with Crippen LogP contribution in [0.3, 0.4) is 0 Å². The second kappa shape index (κ2) is 9.53. The first-order valence-corrected chi connectivity index (χ1v) is 9.36. The highest BCUT2D eigenvalue weighted by molar-refractivity contribution is 6.35. The van der Waals surface area contributed by atoms with Crippen LogP contribution in [0.5, 0.6) is 0 Å². The van der Waals surface area contributed by atoms with E-state index in [0.29, 0.717) is 38.5 Å². The summed E-state index contributed by atoms with van der Waals surface area (Å²) < 4.78 is 43.8. The van der Waals surface area contributed by atoms with Crippen molar-refractivity contribution in [1.82, 2.24) is 9.88 Å². The SMILES string of the molecule is C[C@@H](OC(=O)Cn1cc(C(F)(F)F)ccc1=O)C(=O)N[C@H](C)c1ccc(Cl)cc1Cl. The lowest BCUT2D eigenvalue weighted by Gasteiger charge is -2.19. The van der Waals surface area contributed by atoms with Gasteiger partial charge in [-0.1, -0.05) is 29.3 Å². The van der Waals surface area contributed by atoms with E-state index in [4.69, 9.17) is 27.9 Å². The van der Waals surface area contributed by atoms with Gasteiger partial charge in [0.2, 0.25) is 0 Å². The van der Waals surface area contributed by atoms with Gasteiger partial charge in [-0.05, 0) is 37.6 Å². The van der Waals surface area contributed by atoms with Crippen LogP contribution in [0.4, 0.5) is 13.2 Å². The molecule has 1 amide bonds. The molecule has 2 atom stereocenters. The summed E-state index contributed by atoms with van der Waals surface area (Å²) >= 11 is 11.9. The smallest absolute Gasteiger partial charge is 0.417 e. The molecule has 0 fully saturated rings. The third kappa shape index (κ3) is 6.24. The van der Waals surface area contributed by atoms with Crippen LogP contribution in [0.15, 0.2) is 41.3 Å². The molecule has 162 valence electrons. The Kier molecular flexibility index (Phi) is 7.54. The number of carbonyl (C=O) groups is 2. The van der Waals surface area contributed by atoms with E-state index in [1.54, 1.807) is 19.1 Å². The van der Waals surface area contributed by atoms with Gasteiger partial charge in [-0.2, -0.15) is 13.2 Å². The molecule has 0 spiro atoms. The summed E-state index contributed by atoms with van der Waals surface area (Å²) in [5, 5.41) is 3.37. The van der Waals surface area contributed by atoms with Gasteiger partial charge < -0.3 is 14.6 Å². The molecule has 1 heterocycles. The van der Waals surface area contributed by atoms with Gasteiger partial charge in [-0.25, -0.2) is 0 Å². The standard InChI is InChI=1S/C19H17Cl2F3N2O4/c1-10(14-5-4-13(20)7-15(14)21)25-18(29)11(2)30-17(28)9-26-8-12(19(22,23)24)3-6-16(26)27/h3-8,10-11H,9H2,1-2H3,(H,25,29)/t10-,11-/m1/s1. The molecule has 1 aromatic carbocycles. The van der Waals surface area contributed by atoms with Crippen LogP contribution in [0.2, 0.25) is 10.0 Å². The molecule has 0 aliphatic rings. The molecule has 2 aromatic rings. The van der Waals surface area contributed by atoms with Gasteiger partial charge in [-0.3, -0.25) is 14.4 Å². The number of esters is 1. The van der Waals surface area contributed by atoms with Crippen molar-refractivity contribution in [2.24, 2.45) is 0 Å². The maximum atomic E-state index is 12.8. The van der Waals surface area contributed by atoms with Crippen molar-refractivity contribution >= 4 is 35.1 Å².